The fourth-order valence-electron chi connectivity index (χ4n) is 3.63. The lowest BCUT2D eigenvalue weighted by Crippen LogP contribution is -2.41. The molecule has 0 saturated carbocycles. The van der Waals surface area contributed by atoms with Crippen LogP contribution in [-0.2, 0) is 0 Å². The Morgan fingerprint density at radius 2 is 2.00 bits per heavy atom. The van der Waals surface area contributed by atoms with Gasteiger partial charge in [0.1, 0.15) is 5.76 Å². The van der Waals surface area contributed by atoms with Crippen LogP contribution in [0.5, 0.6) is 0 Å². The van der Waals surface area contributed by atoms with Crippen LogP contribution >= 0.6 is 0 Å². The molecule has 1 amide bonds. The van der Waals surface area contributed by atoms with Gasteiger partial charge in [-0.25, -0.2) is 0 Å². The van der Waals surface area contributed by atoms with Gasteiger partial charge in [0.2, 0.25) is 0 Å². The molecule has 1 aliphatic rings. The van der Waals surface area contributed by atoms with Crippen molar-refractivity contribution in [2.45, 2.75) is 25.8 Å². The van der Waals surface area contributed by atoms with Crippen molar-refractivity contribution in [3.05, 3.63) is 66.2 Å². The average molecular weight is 379 g/mol. The summed E-state index contributed by atoms with van der Waals surface area (Å²) in [4.78, 5) is 15.0. The van der Waals surface area contributed by atoms with Crippen molar-refractivity contribution < 1.29 is 13.7 Å². The van der Waals surface area contributed by atoms with Crippen LogP contribution in [0.15, 0.2) is 63.7 Å². The van der Waals surface area contributed by atoms with E-state index in [2.05, 4.69) is 22.3 Å². The number of carbonyl (C=O) groups is 1. The van der Waals surface area contributed by atoms with Crippen LogP contribution in [0.2, 0.25) is 0 Å². The van der Waals surface area contributed by atoms with Crippen LogP contribution in [0.1, 0.15) is 42.1 Å². The molecule has 4 rings (SSSR count). The Balaban J connectivity index is 1.42. The van der Waals surface area contributed by atoms with Gasteiger partial charge in [-0.2, -0.15) is 0 Å². The van der Waals surface area contributed by atoms with Gasteiger partial charge < -0.3 is 14.3 Å². The highest BCUT2D eigenvalue weighted by molar-refractivity contribution is 5.93. The zero-order valence-corrected chi connectivity index (χ0v) is 16.0. The Labute approximate surface area is 164 Å². The first kappa shape index (κ1) is 18.5. The summed E-state index contributed by atoms with van der Waals surface area (Å²) >= 11 is 0. The summed E-state index contributed by atoms with van der Waals surface area (Å²) in [5.74, 6) is 1.96. The number of hydrogen-bond donors (Lipinski definition) is 1. The topological polar surface area (TPSA) is 71.5 Å². The number of benzene rings is 1. The molecule has 0 spiro atoms. The number of piperidine rings is 1. The fraction of sp³-hybridized carbons (Fsp3) is 0.364. The summed E-state index contributed by atoms with van der Waals surface area (Å²) < 4.78 is 11.0. The second kappa shape index (κ2) is 8.44. The minimum Gasteiger partial charge on any atom is -0.468 e. The number of hydrogen-bond acceptors (Lipinski definition) is 5. The molecule has 0 unspecified atom stereocenters. The lowest BCUT2D eigenvalue weighted by Gasteiger charge is -2.35. The normalized spacial score (nSPS) is 16.8. The minimum atomic E-state index is -0.243. The van der Waals surface area contributed by atoms with E-state index in [1.165, 1.54) is 0 Å². The van der Waals surface area contributed by atoms with E-state index in [1.54, 1.807) is 12.3 Å². The van der Waals surface area contributed by atoms with Crippen LogP contribution < -0.4 is 5.32 Å². The Morgan fingerprint density at radius 3 is 2.71 bits per heavy atom. The molecule has 0 bridgehead atoms. The monoisotopic (exact) mass is 379 g/mol. The number of aromatic nitrogens is 1. The maximum Gasteiger partial charge on any atom is 0.273 e. The van der Waals surface area contributed by atoms with Crippen molar-refractivity contribution >= 4 is 5.91 Å². The maximum absolute atomic E-state index is 12.6. The van der Waals surface area contributed by atoms with E-state index < -0.39 is 0 Å². The van der Waals surface area contributed by atoms with Gasteiger partial charge >= 0.3 is 0 Å². The molecule has 1 saturated heterocycles. The van der Waals surface area contributed by atoms with Crippen LogP contribution in [0.25, 0.3) is 11.3 Å². The molecule has 6 heteroatoms. The molecule has 28 heavy (non-hydrogen) atoms. The number of likely N-dealkylation sites (tertiary alicyclic amines) is 1. The third-order valence-corrected chi connectivity index (χ3v) is 5.39. The molecular formula is C22H25N3O3. The standard InChI is InChI=1S/C22H25N3O3/c1-16-9-11-25(12-10-16)19(20-8-5-13-27-20)15-23-22(26)18-14-21(28-24-18)17-6-3-2-4-7-17/h2-8,13-14,16,19H,9-12,15H2,1H3,(H,23,26)/t19-/m0/s1. The molecule has 3 aromatic rings. The first-order valence-corrected chi connectivity index (χ1v) is 9.78. The summed E-state index contributed by atoms with van der Waals surface area (Å²) in [7, 11) is 0. The van der Waals surface area contributed by atoms with Gasteiger partial charge in [-0.1, -0.05) is 42.4 Å². The second-order valence-electron chi connectivity index (χ2n) is 7.40. The largest absolute Gasteiger partial charge is 0.468 e. The van der Waals surface area contributed by atoms with Gasteiger partial charge in [-0.05, 0) is 44.0 Å². The predicted molar refractivity (Wildman–Crippen MR) is 106 cm³/mol. The van der Waals surface area contributed by atoms with E-state index in [4.69, 9.17) is 8.94 Å². The number of amides is 1. The Hall–Kier alpha value is -2.86. The van der Waals surface area contributed by atoms with Crippen LogP contribution in [0, 0.1) is 5.92 Å². The molecule has 1 atom stereocenters. The number of carbonyl (C=O) groups excluding carboxylic acids is 1. The molecule has 6 nitrogen and oxygen atoms in total. The average Bonchev–Trinajstić information content (AvgIpc) is 3.42. The van der Waals surface area contributed by atoms with Crippen LogP contribution in [-0.4, -0.2) is 35.6 Å². The molecular weight excluding hydrogens is 354 g/mol. The van der Waals surface area contributed by atoms with Crippen molar-refractivity contribution in [2.75, 3.05) is 19.6 Å². The van der Waals surface area contributed by atoms with Gasteiger partial charge in [-0.3, -0.25) is 9.69 Å². The van der Waals surface area contributed by atoms with Crippen molar-refractivity contribution in [1.82, 2.24) is 15.4 Å². The fourth-order valence-corrected chi connectivity index (χ4v) is 3.63. The van der Waals surface area contributed by atoms with E-state index in [0.29, 0.717) is 12.3 Å². The zero-order valence-electron chi connectivity index (χ0n) is 16.0. The molecule has 1 aromatic carbocycles. The van der Waals surface area contributed by atoms with Crippen molar-refractivity contribution in [3.63, 3.8) is 0 Å². The smallest absolute Gasteiger partial charge is 0.273 e. The first-order chi connectivity index (χ1) is 13.7. The third kappa shape index (κ3) is 4.17. The lowest BCUT2D eigenvalue weighted by molar-refractivity contribution is 0.0887. The summed E-state index contributed by atoms with van der Waals surface area (Å²) in [6.07, 6.45) is 4.00. The highest BCUT2D eigenvalue weighted by Crippen LogP contribution is 2.27. The third-order valence-electron chi connectivity index (χ3n) is 5.39. The van der Waals surface area contributed by atoms with E-state index >= 15 is 0 Å². The van der Waals surface area contributed by atoms with Crippen LogP contribution in [0.3, 0.4) is 0 Å². The Bertz CT molecular complexity index is 881. The lowest BCUT2D eigenvalue weighted by atomic mass is 9.97. The van der Waals surface area contributed by atoms with Crippen molar-refractivity contribution in [1.29, 1.82) is 0 Å². The molecule has 2 aromatic heterocycles. The minimum absolute atomic E-state index is 0.0203. The number of rotatable bonds is 6. The van der Waals surface area contributed by atoms with Gasteiger partial charge in [-0.15, -0.1) is 0 Å². The van der Waals surface area contributed by atoms with E-state index in [9.17, 15) is 4.79 Å². The van der Waals surface area contributed by atoms with Gasteiger partial charge in [0, 0.05) is 18.2 Å². The molecule has 146 valence electrons. The summed E-state index contributed by atoms with van der Waals surface area (Å²) in [5.41, 5.74) is 1.18. The number of nitrogens with zero attached hydrogens (tertiary/aromatic N) is 2. The first-order valence-electron chi connectivity index (χ1n) is 9.78. The summed E-state index contributed by atoms with van der Waals surface area (Å²) in [5, 5.41) is 6.93. The zero-order chi connectivity index (χ0) is 19.3. The van der Waals surface area contributed by atoms with E-state index in [0.717, 1.165) is 43.2 Å². The Morgan fingerprint density at radius 1 is 1.21 bits per heavy atom. The van der Waals surface area contributed by atoms with Gasteiger partial charge in [0.15, 0.2) is 11.5 Å². The van der Waals surface area contributed by atoms with Crippen LogP contribution in [0.4, 0.5) is 0 Å². The van der Waals surface area contributed by atoms with Gasteiger partial charge in [0.05, 0.1) is 12.3 Å². The molecule has 1 fully saturated rings. The number of nitrogens with one attached hydrogen (secondary N) is 1. The summed E-state index contributed by atoms with van der Waals surface area (Å²) in [6, 6.07) is 15.2. The van der Waals surface area contributed by atoms with Crippen molar-refractivity contribution in [2.24, 2.45) is 5.92 Å². The summed E-state index contributed by atoms with van der Waals surface area (Å²) in [6.45, 7) is 4.76. The van der Waals surface area contributed by atoms with E-state index in [-0.39, 0.29) is 17.6 Å². The molecule has 0 radical (unpaired) electrons. The Kier molecular flexibility index (Phi) is 5.58. The highest BCUT2D eigenvalue weighted by atomic mass is 16.5. The SMILES string of the molecule is CC1CCN([C@@H](CNC(=O)c2cc(-c3ccccc3)on2)c2ccco2)CC1. The van der Waals surface area contributed by atoms with Crippen molar-refractivity contribution in [3.8, 4) is 11.3 Å². The quantitative estimate of drug-likeness (QED) is 0.697. The molecule has 1 aliphatic heterocycles. The van der Waals surface area contributed by atoms with E-state index in [1.807, 2.05) is 42.5 Å². The maximum atomic E-state index is 12.6. The second-order valence-corrected chi connectivity index (χ2v) is 7.40. The van der Waals surface area contributed by atoms with Gasteiger partial charge in [0.25, 0.3) is 5.91 Å². The highest BCUT2D eigenvalue weighted by Gasteiger charge is 2.27. The molecule has 0 aliphatic carbocycles. The predicted octanol–water partition coefficient (Wildman–Crippen LogP) is 4.14. The molecule has 1 N–H and O–H groups in total. The molecule has 3 heterocycles. The number of furan rings is 1.